The maximum absolute atomic E-state index is 11.6. The third-order valence-corrected chi connectivity index (χ3v) is 2.69. The molecule has 0 spiro atoms. The van der Waals surface area contributed by atoms with Crippen LogP contribution in [0.5, 0.6) is 5.75 Å². The van der Waals surface area contributed by atoms with Crippen LogP contribution in [0.25, 0.3) is 0 Å². The number of phenolic OH excluding ortho intramolecular Hbond substituents is 1. The number of nitro groups is 1. The van der Waals surface area contributed by atoms with E-state index in [0.29, 0.717) is 0 Å². The van der Waals surface area contributed by atoms with Gasteiger partial charge in [0.2, 0.25) is 0 Å². The molecule has 9 nitrogen and oxygen atoms in total. The van der Waals surface area contributed by atoms with Crippen molar-refractivity contribution in [3.05, 3.63) is 51.8 Å². The minimum Gasteiger partial charge on any atom is -0.507 e. The van der Waals surface area contributed by atoms with Crippen LogP contribution in [-0.2, 0) is 11.3 Å². The van der Waals surface area contributed by atoms with E-state index in [4.69, 9.17) is 0 Å². The first kappa shape index (κ1) is 15.2. The number of nitrogens with zero attached hydrogens (tertiary/aromatic N) is 4. The number of benzene rings is 1. The lowest BCUT2D eigenvalue weighted by Gasteiger charge is -2.01. The van der Waals surface area contributed by atoms with E-state index >= 15 is 0 Å². The number of rotatable bonds is 5. The van der Waals surface area contributed by atoms with E-state index < -0.39 is 10.8 Å². The average molecular weight is 303 g/mol. The summed E-state index contributed by atoms with van der Waals surface area (Å²) in [6.45, 7) is 1.80. The fourth-order valence-corrected chi connectivity index (χ4v) is 1.67. The number of hydrogen-bond acceptors (Lipinski definition) is 6. The second-order valence-corrected chi connectivity index (χ2v) is 4.45. The maximum Gasteiger partial charge on any atom is 0.270 e. The Bertz CT molecular complexity index is 738. The van der Waals surface area contributed by atoms with Gasteiger partial charge in [-0.3, -0.25) is 19.6 Å². The Kier molecular flexibility index (Phi) is 4.47. The molecule has 0 saturated heterocycles. The van der Waals surface area contributed by atoms with Crippen molar-refractivity contribution in [3.63, 3.8) is 0 Å². The first-order valence-corrected chi connectivity index (χ1v) is 6.25. The normalized spacial score (nSPS) is 10.8. The van der Waals surface area contributed by atoms with Crippen LogP contribution in [0.4, 0.5) is 5.69 Å². The predicted molar refractivity (Wildman–Crippen MR) is 77.5 cm³/mol. The summed E-state index contributed by atoms with van der Waals surface area (Å²) < 4.78 is 1.45. The number of hydrogen-bond donors (Lipinski definition) is 2. The van der Waals surface area contributed by atoms with Crippen LogP contribution in [0.1, 0.15) is 11.3 Å². The van der Waals surface area contributed by atoms with Crippen molar-refractivity contribution in [2.45, 2.75) is 13.5 Å². The lowest BCUT2D eigenvalue weighted by Crippen LogP contribution is -2.23. The number of phenols is 1. The number of non-ortho nitro benzene ring substituents is 1. The minimum atomic E-state index is -0.588. The number of hydrazone groups is 1. The summed E-state index contributed by atoms with van der Waals surface area (Å²) >= 11 is 0. The minimum absolute atomic E-state index is 0.00784. The van der Waals surface area contributed by atoms with E-state index in [2.05, 4.69) is 15.6 Å². The number of nitrogens with one attached hydrogen (secondary N) is 1. The predicted octanol–water partition coefficient (Wildman–Crippen LogP) is 0.956. The number of carbonyl (C=O) groups excluding carboxylic acids is 1. The Labute approximate surface area is 125 Å². The zero-order valence-corrected chi connectivity index (χ0v) is 11.6. The van der Waals surface area contributed by atoms with Gasteiger partial charge in [-0.2, -0.15) is 10.2 Å². The van der Waals surface area contributed by atoms with E-state index in [1.54, 1.807) is 19.2 Å². The standard InChI is InChI=1S/C13H13N5O4/c1-9-4-5-17(16-9)8-13(20)15-14-7-10-6-11(18(21)22)2-3-12(10)19/h2-7,19H,8H2,1H3,(H,15,20)/b14-7-. The highest BCUT2D eigenvalue weighted by molar-refractivity contribution is 5.85. The van der Waals surface area contributed by atoms with Gasteiger partial charge in [-0.05, 0) is 19.1 Å². The summed E-state index contributed by atoms with van der Waals surface area (Å²) in [4.78, 5) is 21.7. The van der Waals surface area contributed by atoms with Crippen LogP contribution >= 0.6 is 0 Å². The molecule has 2 aromatic rings. The quantitative estimate of drug-likeness (QED) is 0.483. The molecule has 114 valence electrons. The zero-order valence-electron chi connectivity index (χ0n) is 11.6. The van der Waals surface area contributed by atoms with Gasteiger partial charge in [0.1, 0.15) is 12.3 Å². The topological polar surface area (TPSA) is 123 Å². The molecular formula is C13H13N5O4. The largest absolute Gasteiger partial charge is 0.507 e. The second-order valence-electron chi connectivity index (χ2n) is 4.45. The maximum atomic E-state index is 11.6. The molecule has 9 heteroatoms. The summed E-state index contributed by atoms with van der Waals surface area (Å²) in [5.41, 5.74) is 2.99. The summed E-state index contributed by atoms with van der Waals surface area (Å²) in [5.74, 6) is -0.587. The van der Waals surface area contributed by atoms with Gasteiger partial charge >= 0.3 is 0 Å². The third kappa shape index (κ3) is 3.88. The SMILES string of the molecule is Cc1ccn(CC(=O)N/N=C\c2cc([N+](=O)[O-])ccc2O)n1. The van der Waals surface area contributed by atoms with Crippen molar-refractivity contribution in [3.8, 4) is 5.75 Å². The van der Waals surface area contributed by atoms with Crippen molar-refractivity contribution >= 4 is 17.8 Å². The highest BCUT2D eigenvalue weighted by atomic mass is 16.6. The fraction of sp³-hybridized carbons (Fsp3) is 0.154. The Hall–Kier alpha value is -3.23. The van der Waals surface area contributed by atoms with Crippen LogP contribution in [0.15, 0.2) is 35.6 Å². The number of amides is 1. The molecular weight excluding hydrogens is 290 g/mol. The van der Waals surface area contributed by atoms with Gasteiger partial charge < -0.3 is 5.11 Å². The first-order valence-electron chi connectivity index (χ1n) is 6.25. The van der Waals surface area contributed by atoms with Gasteiger partial charge in [-0.25, -0.2) is 5.43 Å². The van der Waals surface area contributed by atoms with E-state index in [0.717, 1.165) is 18.0 Å². The molecule has 0 aliphatic heterocycles. The number of carbonyl (C=O) groups is 1. The summed E-state index contributed by atoms with van der Waals surface area (Å²) in [5, 5.41) is 27.9. The third-order valence-electron chi connectivity index (χ3n) is 2.69. The lowest BCUT2D eigenvalue weighted by atomic mass is 10.2. The molecule has 22 heavy (non-hydrogen) atoms. The molecule has 0 aliphatic carbocycles. The molecule has 2 N–H and O–H groups in total. The smallest absolute Gasteiger partial charge is 0.270 e. The van der Waals surface area contributed by atoms with Gasteiger partial charge in [0.15, 0.2) is 0 Å². The number of aromatic nitrogens is 2. The van der Waals surface area contributed by atoms with E-state index in [1.165, 1.54) is 16.8 Å². The molecule has 0 saturated carbocycles. The van der Waals surface area contributed by atoms with Crippen LogP contribution in [0, 0.1) is 17.0 Å². The molecule has 2 rings (SSSR count). The van der Waals surface area contributed by atoms with Crippen molar-refractivity contribution in [1.29, 1.82) is 0 Å². The monoisotopic (exact) mass is 303 g/mol. The molecule has 0 bridgehead atoms. The summed E-state index contributed by atoms with van der Waals surface area (Å²) in [7, 11) is 0. The van der Waals surface area contributed by atoms with E-state index in [1.807, 2.05) is 0 Å². The van der Waals surface area contributed by atoms with Crippen molar-refractivity contribution in [2.24, 2.45) is 5.10 Å². The average Bonchev–Trinajstić information content (AvgIpc) is 2.85. The summed E-state index contributed by atoms with van der Waals surface area (Å²) in [6, 6.07) is 5.28. The molecule has 1 amide bonds. The number of aromatic hydroxyl groups is 1. The Morgan fingerprint density at radius 2 is 2.32 bits per heavy atom. The van der Waals surface area contributed by atoms with Gasteiger partial charge in [0, 0.05) is 23.9 Å². The van der Waals surface area contributed by atoms with Crippen LogP contribution in [-0.4, -0.2) is 31.9 Å². The molecule has 1 aromatic heterocycles. The second kappa shape index (κ2) is 6.48. The highest BCUT2D eigenvalue weighted by Gasteiger charge is 2.09. The van der Waals surface area contributed by atoms with Crippen molar-refractivity contribution < 1.29 is 14.8 Å². The number of aryl methyl sites for hydroxylation is 1. The summed E-state index contributed by atoms with van der Waals surface area (Å²) in [6.07, 6.45) is 2.79. The van der Waals surface area contributed by atoms with Gasteiger partial charge in [-0.1, -0.05) is 0 Å². The number of nitro benzene ring substituents is 1. The van der Waals surface area contributed by atoms with Crippen molar-refractivity contribution in [2.75, 3.05) is 0 Å². The fourth-order valence-electron chi connectivity index (χ4n) is 1.67. The first-order chi connectivity index (χ1) is 10.5. The van der Waals surface area contributed by atoms with E-state index in [9.17, 15) is 20.0 Å². The Balaban J connectivity index is 1.98. The van der Waals surface area contributed by atoms with Gasteiger partial charge in [0.05, 0.1) is 16.8 Å². The van der Waals surface area contributed by atoms with Crippen molar-refractivity contribution in [1.82, 2.24) is 15.2 Å². The molecule has 0 fully saturated rings. The zero-order chi connectivity index (χ0) is 16.1. The Morgan fingerprint density at radius 3 is 2.95 bits per heavy atom. The van der Waals surface area contributed by atoms with E-state index in [-0.39, 0.29) is 23.5 Å². The highest BCUT2D eigenvalue weighted by Crippen LogP contribution is 2.21. The van der Waals surface area contributed by atoms with Crippen LogP contribution in [0.3, 0.4) is 0 Å². The molecule has 1 aromatic carbocycles. The molecule has 0 unspecified atom stereocenters. The van der Waals surface area contributed by atoms with Gasteiger partial charge in [0.25, 0.3) is 11.6 Å². The molecule has 0 aliphatic rings. The molecule has 0 atom stereocenters. The Morgan fingerprint density at radius 1 is 1.55 bits per heavy atom. The lowest BCUT2D eigenvalue weighted by molar-refractivity contribution is -0.384. The molecule has 1 heterocycles. The molecule has 0 radical (unpaired) electrons. The van der Waals surface area contributed by atoms with Crippen LogP contribution in [0.2, 0.25) is 0 Å². The van der Waals surface area contributed by atoms with Crippen LogP contribution < -0.4 is 5.43 Å². The van der Waals surface area contributed by atoms with Gasteiger partial charge in [-0.15, -0.1) is 0 Å².